The number of nitrogens with zero attached hydrogens (tertiary/aromatic N) is 4. The van der Waals surface area contributed by atoms with E-state index < -0.39 is 0 Å². The van der Waals surface area contributed by atoms with Crippen LogP contribution in [-0.4, -0.2) is 9.97 Å². The molecule has 0 spiro atoms. The van der Waals surface area contributed by atoms with Gasteiger partial charge in [0.15, 0.2) is 0 Å². The molecule has 4 aromatic rings. The zero-order chi connectivity index (χ0) is 18.1. The van der Waals surface area contributed by atoms with Gasteiger partial charge >= 0.3 is 0 Å². The van der Waals surface area contributed by atoms with Gasteiger partial charge in [0.1, 0.15) is 12.1 Å². The van der Waals surface area contributed by atoms with Crippen LogP contribution < -0.4 is 0 Å². The molecule has 2 aromatic carbocycles. The van der Waals surface area contributed by atoms with Crippen molar-refractivity contribution in [1.82, 2.24) is 9.97 Å². The molecule has 0 amide bonds. The van der Waals surface area contributed by atoms with Crippen molar-refractivity contribution >= 4 is 21.5 Å². The van der Waals surface area contributed by atoms with E-state index in [9.17, 15) is 10.5 Å². The highest BCUT2D eigenvalue weighted by Crippen LogP contribution is 2.32. The maximum Gasteiger partial charge on any atom is 0.102 e. The number of nitriles is 2. The van der Waals surface area contributed by atoms with Crippen LogP contribution >= 0.6 is 0 Å². The molecule has 4 nitrogen and oxygen atoms in total. The standard InChI is InChI=1S/C22H14N4/c1-14(21-19-9-5-4-8-18(19)16(10-23)13-26-21)22-20(11-24)17-7-3-2-6-15(17)12-25-22/h2-9,12-14H,1H3. The lowest BCUT2D eigenvalue weighted by molar-refractivity contribution is 0.842. The molecule has 0 saturated carbocycles. The Labute approximate surface area is 151 Å². The molecule has 122 valence electrons. The van der Waals surface area contributed by atoms with Crippen molar-refractivity contribution < 1.29 is 0 Å². The van der Waals surface area contributed by atoms with Crippen molar-refractivity contribution in [2.75, 3.05) is 0 Å². The van der Waals surface area contributed by atoms with E-state index in [1.807, 2.05) is 55.5 Å². The van der Waals surface area contributed by atoms with Gasteiger partial charge in [-0.3, -0.25) is 9.97 Å². The van der Waals surface area contributed by atoms with E-state index in [0.29, 0.717) is 16.8 Å². The summed E-state index contributed by atoms with van der Waals surface area (Å²) in [7, 11) is 0. The minimum Gasteiger partial charge on any atom is -0.259 e. The number of benzene rings is 2. The first kappa shape index (κ1) is 15.7. The Morgan fingerprint density at radius 1 is 0.769 bits per heavy atom. The summed E-state index contributed by atoms with van der Waals surface area (Å²) in [6.07, 6.45) is 3.40. The average Bonchev–Trinajstić information content (AvgIpc) is 2.71. The van der Waals surface area contributed by atoms with E-state index in [0.717, 1.165) is 27.2 Å². The number of pyridine rings is 2. The summed E-state index contributed by atoms with van der Waals surface area (Å²) < 4.78 is 0. The minimum absolute atomic E-state index is 0.174. The number of aromatic nitrogens is 2. The van der Waals surface area contributed by atoms with Crippen molar-refractivity contribution in [3.63, 3.8) is 0 Å². The lowest BCUT2D eigenvalue weighted by Gasteiger charge is -2.16. The van der Waals surface area contributed by atoms with Crippen LogP contribution in [0.4, 0.5) is 0 Å². The third-order valence-corrected chi connectivity index (χ3v) is 4.71. The van der Waals surface area contributed by atoms with Crippen LogP contribution in [0.25, 0.3) is 21.5 Å². The van der Waals surface area contributed by atoms with E-state index in [1.54, 1.807) is 12.4 Å². The molecule has 0 aliphatic carbocycles. The first-order valence-electron chi connectivity index (χ1n) is 8.30. The van der Waals surface area contributed by atoms with Crippen molar-refractivity contribution in [1.29, 1.82) is 10.5 Å². The van der Waals surface area contributed by atoms with Gasteiger partial charge in [0.25, 0.3) is 0 Å². The van der Waals surface area contributed by atoms with E-state index >= 15 is 0 Å². The molecular formula is C22H14N4. The molecule has 0 radical (unpaired) electrons. The molecule has 2 aromatic heterocycles. The van der Waals surface area contributed by atoms with Gasteiger partial charge in [0.05, 0.1) is 22.5 Å². The van der Waals surface area contributed by atoms with Gasteiger partial charge in [-0.15, -0.1) is 0 Å². The van der Waals surface area contributed by atoms with Gasteiger partial charge in [-0.05, 0) is 0 Å². The molecule has 4 heteroatoms. The fourth-order valence-corrected chi connectivity index (χ4v) is 3.40. The average molecular weight is 334 g/mol. The molecule has 0 fully saturated rings. The largest absolute Gasteiger partial charge is 0.259 e. The molecule has 0 bridgehead atoms. The highest BCUT2D eigenvalue weighted by atomic mass is 14.7. The van der Waals surface area contributed by atoms with E-state index in [-0.39, 0.29) is 5.92 Å². The summed E-state index contributed by atoms with van der Waals surface area (Å²) in [5, 5.41) is 22.7. The van der Waals surface area contributed by atoms with Crippen LogP contribution in [0, 0.1) is 22.7 Å². The molecule has 26 heavy (non-hydrogen) atoms. The second-order valence-electron chi connectivity index (χ2n) is 6.15. The maximum absolute atomic E-state index is 9.75. The molecule has 0 aliphatic heterocycles. The molecule has 1 unspecified atom stereocenters. The topological polar surface area (TPSA) is 73.4 Å². The molecular weight excluding hydrogens is 320 g/mol. The lowest BCUT2D eigenvalue weighted by atomic mass is 9.92. The third kappa shape index (κ3) is 2.37. The zero-order valence-corrected chi connectivity index (χ0v) is 14.1. The summed E-state index contributed by atoms with van der Waals surface area (Å²) in [4.78, 5) is 9.11. The van der Waals surface area contributed by atoms with Gasteiger partial charge in [-0.1, -0.05) is 55.5 Å². The summed E-state index contributed by atoms with van der Waals surface area (Å²) in [6, 6.07) is 20.0. The molecule has 4 rings (SSSR count). The number of hydrogen-bond acceptors (Lipinski definition) is 4. The second kappa shape index (κ2) is 6.27. The quantitative estimate of drug-likeness (QED) is 0.533. The smallest absolute Gasteiger partial charge is 0.102 e. The summed E-state index contributed by atoms with van der Waals surface area (Å²) in [5.41, 5.74) is 2.64. The van der Waals surface area contributed by atoms with Crippen LogP contribution in [0.3, 0.4) is 0 Å². The van der Waals surface area contributed by atoms with Crippen molar-refractivity contribution in [2.24, 2.45) is 0 Å². The van der Waals surface area contributed by atoms with Crippen molar-refractivity contribution in [2.45, 2.75) is 12.8 Å². The molecule has 2 heterocycles. The summed E-state index contributed by atoms with van der Waals surface area (Å²) in [5.74, 6) is -0.174. The Hall–Kier alpha value is -3.76. The fourth-order valence-electron chi connectivity index (χ4n) is 3.40. The predicted octanol–water partition coefficient (Wildman–Crippen LogP) is 4.68. The van der Waals surface area contributed by atoms with E-state index in [1.165, 1.54) is 0 Å². The monoisotopic (exact) mass is 334 g/mol. The highest BCUT2D eigenvalue weighted by molar-refractivity contribution is 5.91. The number of rotatable bonds is 2. The van der Waals surface area contributed by atoms with Gasteiger partial charge in [-0.2, -0.15) is 10.5 Å². The van der Waals surface area contributed by atoms with Gasteiger partial charge in [0.2, 0.25) is 0 Å². The zero-order valence-electron chi connectivity index (χ0n) is 14.1. The van der Waals surface area contributed by atoms with E-state index in [4.69, 9.17) is 0 Å². The fraction of sp³-hybridized carbons (Fsp3) is 0.0909. The summed E-state index contributed by atoms with van der Waals surface area (Å²) in [6.45, 7) is 2.00. The van der Waals surface area contributed by atoms with E-state index in [2.05, 4.69) is 22.1 Å². The lowest BCUT2D eigenvalue weighted by Crippen LogP contribution is -2.06. The van der Waals surface area contributed by atoms with Crippen LogP contribution in [0.1, 0.15) is 35.4 Å². The molecule has 1 atom stereocenters. The Morgan fingerprint density at radius 3 is 2.15 bits per heavy atom. The van der Waals surface area contributed by atoms with Crippen molar-refractivity contribution in [3.8, 4) is 12.1 Å². The molecule has 0 aliphatic rings. The first-order chi connectivity index (χ1) is 12.7. The Balaban J connectivity index is 1.97. The number of fused-ring (bicyclic) bond motifs is 2. The minimum atomic E-state index is -0.174. The highest BCUT2D eigenvalue weighted by Gasteiger charge is 2.20. The Morgan fingerprint density at radius 2 is 1.42 bits per heavy atom. The van der Waals surface area contributed by atoms with Crippen LogP contribution in [-0.2, 0) is 0 Å². The van der Waals surface area contributed by atoms with Crippen LogP contribution in [0.15, 0.2) is 60.9 Å². The Kier molecular flexibility index (Phi) is 3.80. The molecule has 0 N–H and O–H groups in total. The molecule has 0 saturated heterocycles. The third-order valence-electron chi connectivity index (χ3n) is 4.71. The summed E-state index contributed by atoms with van der Waals surface area (Å²) >= 11 is 0. The normalized spacial score (nSPS) is 11.8. The van der Waals surface area contributed by atoms with Crippen molar-refractivity contribution in [3.05, 3.63) is 83.4 Å². The van der Waals surface area contributed by atoms with Crippen LogP contribution in [0.5, 0.6) is 0 Å². The SMILES string of the molecule is CC(c1ncc2ccccc2c1C#N)c1ncc(C#N)c2ccccc12. The second-order valence-corrected chi connectivity index (χ2v) is 6.15. The predicted molar refractivity (Wildman–Crippen MR) is 100 cm³/mol. The van der Waals surface area contributed by atoms with Gasteiger partial charge in [0, 0.05) is 39.9 Å². The van der Waals surface area contributed by atoms with Gasteiger partial charge in [-0.25, -0.2) is 0 Å². The van der Waals surface area contributed by atoms with Crippen LogP contribution in [0.2, 0.25) is 0 Å². The number of hydrogen-bond donors (Lipinski definition) is 0. The maximum atomic E-state index is 9.75. The van der Waals surface area contributed by atoms with Gasteiger partial charge < -0.3 is 0 Å². The Bertz CT molecular complexity index is 1230. The first-order valence-corrected chi connectivity index (χ1v) is 8.30.